The molecule has 0 N–H and O–H groups in total. The second-order valence-corrected chi connectivity index (χ2v) is 4.12. The average molecular weight is 155 g/mol. The van der Waals surface area contributed by atoms with E-state index in [-0.39, 0.29) is 0 Å². The van der Waals surface area contributed by atoms with E-state index < -0.39 is 0 Å². The van der Waals surface area contributed by atoms with Gasteiger partial charge in [-0.15, -0.1) is 0 Å². The minimum Gasteiger partial charge on any atom is -0.303 e. The molecule has 1 heterocycles. The summed E-state index contributed by atoms with van der Waals surface area (Å²) in [6.07, 6.45) is 2.71. The zero-order valence-electron chi connectivity index (χ0n) is 8.30. The van der Waals surface area contributed by atoms with Crippen LogP contribution in [0.2, 0.25) is 0 Å². The molecular formula is C10H21N. The number of rotatable bonds is 2. The standard InChI is InChI=1S/C10H21N/c1-5-8(2)10-9(3)6-7-11(10)4/h8-10H,5-7H2,1-4H3. The molecule has 3 unspecified atom stereocenters. The van der Waals surface area contributed by atoms with Crippen LogP contribution in [0.3, 0.4) is 0 Å². The highest BCUT2D eigenvalue weighted by atomic mass is 15.2. The van der Waals surface area contributed by atoms with Gasteiger partial charge in [0.05, 0.1) is 0 Å². The van der Waals surface area contributed by atoms with Gasteiger partial charge in [0, 0.05) is 6.04 Å². The normalized spacial score (nSPS) is 36.0. The van der Waals surface area contributed by atoms with Crippen LogP contribution in [0.4, 0.5) is 0 Å². The smallest absolute Gasteiger partial charge is 0.0144 e. The first kappa shape index (κ1) is 9.05. The van der Waals surface area contributed by atoms with E-state index in [9.17, 15) is 0 Å². The number of nitrogens with zero attached hydrogens (tertiary/aromatic N) is 1. The summed E-state index contributed by atoms with van der Waals surface area (Å²) in [5, 5.41) is 0. The molecule has 1 fully saturated rings. The Labute approximate surface area is 70.8 Å². The van der Waals surface area contributed by atoms with Crippen molar-refractivity contribution in [2.45, 2.75) is 39.7 Å². The predicted molar refractivity (Wildman–Crippen MR) is 49.7 cm³/mol. The molecule has 1 nitrogen and oxygen atoms in total. The lowest BCUT2D eigenvalue weighted by molar-refractivity contribution is 0.203. The molecule has 3 atom stereocenters. The minimum atomic E-state index is 0.847. The second-order valence-electron chi connectivity index (χ2n) is 4.12. The van der Waals surface area contributed by atoms with Crippen molar-refractivity contribution in [2.24, 2.45) is 11.8 Å². The van der Waals surface area contributed by atoms with Crippen LogP contribution in [0, 0.1) is 11.8 Å². The maximum atomic E-state index is 2.53. The maximum Gasteiger partial charge on any atom is 0.0144 e. The van der Waals surface area contributed by atoms with Crippen molar-refractivity contribution in [3.63, 3.8) is 0 Å². The third-order valence-electron chi connectivity index (χ3n) is 3.26. The summed E-state index contributed by atoms with van der Waals surface area (Å²) >= 11 is 0. The monoisotopic (exact) mass is 155 g/mol. The van der Waals surface area contributed by atoms with Crippen LogP contribution in [0.5, 0.6) is 0 Å². The Hall–Kier alpha value is -0.0400. The highest BCUT2D eigenvalue weighted by Gasteiger charge is 2.31. The van der Waals surface area contributed by atoms with Gasteiger partial charge in [0.25, 0.3) is 0 Å². The van der Waals surface area contributed by atoms with Crippen molar-refractivity contribution in [3.05, 3.63) is 0 Å². The molecule has 1 heteroatoms. The van der Waals surface area contributed by atoms with Crippen molar-refractivity contribution in [1.29, 1.82) is 0 Å². The van der Waals surface area contributed by atoms with Crippen molar-refractivity contribution < 1.29 is 0 Å². The quantitative estimate of drug-likeness (QED) is 0.592. The Balaban J connectivity index is 2.53. The van der Waals surface area contributed by atoms with E-state index in [1.807, 2.05) is 0 Å². The van der Waals surface area contributed by atoms with Gasteiger partial charge in [-0.05, 0) is 31.8 Å². The molecule has 0 aliphatic carbocycles. The van der Waals surface area contributed by atoms with E-state index in [2.05, 4.69) is 32.7 Å². The van der Waals surface area contributed by atoms with Crippen LogP contribution in [-0.4, -0.2) is 24.5 Å². The minimum absolute atomic E-state index is 0.847. The van der Waals surface area contributed by atoms with E-state index in [4.69, 9.17) is 0 Å². The van der Waals surface area contributed by atoms with Gasteiger partial charge >= 0.3 is 0 Å². The van der Waals surface area contributed by atoms with E-state index in [0.29, 0.717) is 0 Å². The van der Waals surface area contributed by atoms with Crippen LogP contribution in [0.25, 0.3) is 0 Å². The zero-order chi connectivity index (χ0) is 8.43. The summed E-state index contributed by atoms with van der Waals surface area (Å²) in [6.45, 7) is 8.36. The Morgan fingerprint density at radius 2 is 2.18 bits per heavy atom. The van der Waals surface area contributed by atoms with Gasteiger partial charge < -0.3 is 4.90 Å². The van der Waals surface area contributed by atoms with Crippen LogP contribution >= 0.6 is 0 Å². The van der Waals surface area contributed by atoms with Crippen LogP contribution < -0.4 is 0 Å². The summed E-state index contributed by atoms with van der Waals surface area (Å²) < 4.78 is 0. The first-order valence-corrected chi connectivity index (χ1v) is 4.87. The molecule has 1 saturated heterocycles. The third-order valence-corrected chi connectivity index (χ3v) is 3.26. The molecule has 0 aromatic carbocycles. The van der Waals surface area contributed by atoms with Crippen molar-refractivity contribution >= 4 is 0 Å². The fourth-order valence-electron chi connectivity index (χ4n) is 2.40. The molecule has 1 aliphatic rings. The second kappa shape index (κ2) is 3.57. The predicted octanol–water partition coefficient (Wildman–Crippen LogP) is 2.37. The van der Waals surface area contributed by atoms with E-state index in [1.54, 1.807) is 0 Å². The zero-order valence-corrected chi connectivity index (χ0v) is 8.30. The summed E-state index contributed by atoms with van der Waals surface area (Å²) in [4.78, 5) is 2.53. The summed E-state index contributed by atoms with van der Waals surface area (Å²) in [5.41, 5.74) is 0. The van der Waals surface area contributed by atoms with E-state index in [1.165, 1.54) is 19.4 Å². The molecule has 0 spiro atoms. The number of hydrogen-bond donors (Lipinski definition) is 0. The molecule has 11 heavy (non-hydrogen) atoms. The van der Waals surface area contributed by atoms with Crippen LogP contribution in [0.15, 0.2) is 0 Å². The maximum absolute atomic E-state index is 2.53. The summed E-state index contributed by atoms with van der Waals surface area (Å²) in [6, 6.07) is 0.847. The SMILES string of the molecule is CCC(C)C1C(C)CCN1C. The number of hydrogen-bond acceptors (Lipinski definition) is 1. The summed E-state index contributed by atoms with van der Waals surface area (Å²) in [5.74, 6) is 1.78. The molecular weight excluding hydrogens is 134 g/mol. The first-order chi connectivity index (χ1) is 5.16. The van der Waals surface area contributed by atoms with Gasteiger partial charge in [0.15, 0.2) is 0 Å². The first-order valence-electron chi connectivity index (χ1n) is 4.87. The van der Waals surface area contributed by atoms with E-state index >= 15 is 0 Å². The topological polar surface area (TPSA) is 3.24 Å². The molecule has 0 aromatic heterocycles. The van der Waals surface area contributed by atoms with Crippen LogP contribution in [-0.2, 0) is 0 Å². The molecule has 0 bridgehead atoms. The van der Waals surface area contributed by atoms with Gasteiger partial charge in [-0.1, -0.05) is 27.2 Å². The van der Waals surface area contributed by atoms with Crippen molar-refractivity contribution in [2.75, 3.05) is 13.6 Å². The Kier molecular flexibility index (Phi) is 2.94. The van der Waals surface area contributed by atoms with Crippen molar-refractivity contribution in [1.82, 2.24) is 4.90 Å². The molecule has 0 aromatic rings. The highest BCUT2D eigenvalue weighted by Crippen LogP contribution is 2.29. The van der Waals surface area contributed by atoms with Gasteiger partial charge in [-0.25, -0.2) is 0 Å². The lowest BCUT2D eigenvalue weighted by Crippen LogP contribution is -2.34. The fourth-order valence-corrected chi connectivity index (χ4v) is 2.40. The summed E-state index contributed by atoms with van der Waals surface area (Å²) in [7, 11) is 2.26. The Morgan fingerprint density at radius 1 is 1.55 bits per heavy atom. The number of likely N-dealkylation sites (tertiary alicyclic amines) is 1. The van der Waals surface area contributed by atoms with Crippen molar-refractivity contribution in [3.8, 4) is 0 Å². The Bertz CT molecular complexity index is 112. The molecule has 0 amide bonds. The highest BCUT2D eigenvalue weighted by molar-refractivity contribution is 4.85. The van der Waals surface area contributed by atoms with Gasteiger partial charge in [0.1, 0.15) is 0 Å². The van der Waals surface area contributed by atoms with Gasteiger partial charge in [0.2, 0.25) is 0 Å². The van der Waals surface area contributed by atoms with E-state index in [0.717, 1.165) is 17.9 Å². The third kappa shape index (κ3) is 1.76. The molecule has 1 rings (SSSR count). The lowest BCUT2D eigenvalue weighted by Gasteiger charge is -2.28. The molecule has 0 saturated carbocycles. The Morgan fingerprint density at radius 3 is 2.55 bits per heavy atom. The molecule has 66 valence electrons. The van der Waals surface area contributed by atoms with Gasteiger partial charge in [-0.3, -0.25) is 0 Å². The fraction of sp³-hybridized carbons (Fsp3) is 1.00. The molecule has 0 radical (unpaired) electrons. The van der Waals surface area contributed by atoms with Crippen LogP contribution in [0.1, 0.15) is 33.6 Å². The molecule has 1 aliphatic heterocycles. The average Bonchev–Trinajstić information content (AvgIpc) is 2.30. The lowest BCUT2D eigenvalue weighted by atomic mass is 9.90. The largest absolute Gasteiger partial charge is 0.303 e. The van der Waals surface area contributed by atoms with Gasteiger partial charge in [-0.2, -0.15) is 0 Å².